The maximum Gasteiger partial charge on any atom is 0.261 e. The van der Waals surface area contributed by atoms with E-state index in [1.807, 2.05) is 24.3 Å². The van der Waals surface area contributed by atoms with Crippen molar-refractivity contribution in [2.75, 3.05) is 5.73 Å². The zero-order valence-corrected chi connectivity index (χ0v) is 10.8. The zero-order chi connectivity index (χ0) is 13.2. The Hall–Kier alpha value is -2.34. The Labute approximate surface area is 113 Å². The fourth-order valence-corrected chi connectivity index (χ4v) is 2.78. The number of H-pyrrole nitrogens is 1. The molecule has 1 amide bonds. The van der Waals surface area contributed by atoms with Gasteiger partial charge < -0.3 is 16.0 Å². The van der Waals surface area contributed by atoms with Crippen molar-refractivity contribution in [3.8, 4) is 0 Å². The van der Waals surface area contributed by atoms with Gasteiger partial charge in [0, 0.05) is 16.6 Å². The third kappa shape index (κ3) is 2.43. The molecule has 19 heavy (non-hydrogen) atoms. The molecule has 0 aliphatic carbocycles. The van der Waals surface area contributed by atoms with Gasteiger partial charge in [0.25, 0.3) is 5.91 Å². The van der Waals surface area contributed by atoms with Gasteiger partial charge in [-0.25, -0.2) is 4.98 Å². The number of nitrogens with two attached hydrogens (primary N) is 1. The second-order valence-corrected chi connectivity index (χ2v) is 5.25. The molecule has 0 fully saturated rings. The summed E-state index contributed by atoms with van der Waals surface area (Å²) in [4.78, 5) is 19.5. The fourth-order valence-electron chi connectivity index (χ4n) is 1.82. The quantitative estimate of drug-likeness (QED) is 0.639. The van der Waals surface area contributed by atoms with E-state index in [4.69, 9.17) is 5.73 Å². The second kappa shape index (κ2) is 4.74. The highest BCUT2D eigenvalue weighted by Crippen LogP contribution is 2.27. The Bertz CT molecular complexity index is 717. The molecular formula is C13H12N4OS. The standard InChI is InChI=1S/C13H12N4OS/c14-9-1-2-11-8(3-9)4-12(19-11)13(18)16-6-10-5-15-7-17-10/h1-5,7H,6,14H2,(H,15,17)(H,16,18). The van der Waals surface area contributed by atoms with Crippen molar-refractivity contribution in [3.05, 3.63) is 47.4 Å². The summed E-state index contributed by atoms with van der Waals surface area (Å²) in [6, 6.07) is 7.50. The molecule has 2 aromatic heterocycles. The van der Waals surface area contributed by atoms with Crippen molar-refractivity contribution in [1.29, 1.82) is 0 Å². The maximum absolute atomic E-state index is 12.0. The van der Waals surface area contributed by atoms with Crippen molar-refractivity contribution in [2.45, 2.75) is 6.54 Å². The average Bonchev–Trinajstić information content (AvgIpc) is 3.04. The molecule has 0 bridgehead atoms. The number of rotatable bonds is 3. The van der Waals surface area contributed by atoms with Gasteiger partial charge in [-0.2, -0.15) is 0 Å². The first kappa shape index (κ1) is 11.7. The van der Waals surface area contributed by atoms with Crippen molar-refractivity contribution in [1.82, 2.24) is 15.3 Å². The first-order valence-corrected chi connectivity index (χ1v) is 6.58. The third-order valence-electron chi connectivity index (χ3n) is 2.76. The minimum absolute atomic E-state index is 0.0885. The SMILES string of the molecule is Nc1ccc2sc(C(=O)NCc3cnc[nH]3)cc2c1. The number of aromatic amines is 1. The van der Waals surface area contributed by atoms with Crippen LogP contribution < -0.4 is 11.1 Å². The van der Waals surface area contributed by atoms with Crippen molar-refractivity contribution in [2.24, 2.45) is 0 Å². The van der Waals surface area contributed by atoms with E-state index in [0.29, 0.717) is 17.1 Å². The number of nitrogens with one attached hydrogen (secondary N) is 2. The van der Waals surface area contributed by atoms with Crippen LogP contribution in [0.25, 0.3) is 10.1 Å². The van der Waals surface area contributed by atoms with Crippen molar-refractivity contribution < 1.29 is 4.79 Å². The Kier molecular flexibility index (Phi) is 2.92. The van der Waals surface area contributed by atoms with Gasteiger partial charge in [-0.3, -0.25) is 4.79 Å². The van der Waals surface area contributed by atoms with Crippen LogP contribution in [0, 0.1) is 0 Å². The van der Waals surface area contributed by atoms with Crippen molar-refractivity contribution >= 4 is 33.0 Å². The van der Waals surface area contributed by atoms with E-state index in [2.05, 4.69) is 15.3 Å². The Balaban J connectivity index is 1.77. The molecule has 96 valence electrons. The minimum atomic E-state index is -0.0885. The van der Waals surface area contributed by atoms with Crippen LogP contribution >= 0.6 is 11.3 Å². The third-order valence-corrected chi connectivity index (χ3v) is 3.87. The number of amides is 1. The number of hydrogen-bond acceptors (Lipinski definition) is 4. The van der Waals surface area contributed by atoms with Crippen molar-refractivity contribution in [3.63, 3.8) is 0 Å². The summed E-state index contributed by atoms with van der Waals surface area (Å²) in [5.41, 5.74) is 7.30. The molecule has 0 spiro atoms. The summed E-state index contributed by atoms with van der Waals surface area (Å²) >= 11 is 1.46. The molecular weight excluding hydrogens is 260 g/mol. The van der Waals surface area contributed by atoms with Gasteiger partial charge in [-0.1, -0.05) is 0 Å². The van der Waals surface area contributed by atoms with E-state index in [1.54, 1.807) is 12.5 Å². The van der Waals surface area contributed by atoms with Gasteiger partial charge in [-0.05, 0) is 29.7 Å². The molecule has 0 atom stereocenters. The van der Waals surface area contributed by atoms with Crippen LogP contribution in [0.2, 0.25) is 0 Å². The predicted molar refractivity (Wildman–Crippen MR) is 76.0 cm³/mol. The van der Waals surface area contributed by atoms with Crippen LogP contribution in [0.1, 0.15) is 15.4 Å². The number of anilines is 1. The number of thiophene rings is 1. The van der Waals surface area contributed by atoms with E-state index in [9.17, 15) is 4.79 Å². The number of imidazole rings is 1. The van der Waals surface area contributed by atoms with Gasteiger partial charge in [0.2, 0.25) is 0 Å². The molecule has 3 aromatic rings. The Morgan fingerprint density at radius 3 is 3.11 bits per heavy atom. The largest absolute Gasteiger partial charge is 0.399 e. The first-order chi connectivity index (χ1) is 9.22. The monoisotopic (exact) mass is 272 g/mol. The molecule has 1 aromatic carbocycles. The first-order valence-electron chi connectivity index (χ1n) is 5.77. The van der Waals surface area contributed by atoms with Gasteiger partial charge in [0.1, 0.15) is 0 Å². The summed E-state index contributed by atoms with van der Waals surface area (Å²) in [7, 11) is 0. The second-order valence-electron chi connectivity index (χ2n) is 4.17. The Morgan fingerprint density at radius 2 is 2.32 bits per heavy atom. The van der Waals surface area contributed by atoms with Crippen LogP contribution in [-0.4, -0.2) is 15.9 Å². The number of nitrogens with zero attached hydrogens (tertiary/aromatic N) is 1. The number of carbonyl (C=O) groups excluding carboxylic acids is 1. The lowest BCUT2D eigenvalue weighted by Gasteiger charge is -2.00. The van der Waals surface area contributed by atoms with E-state index in [0.717, 1.165) is 15.8 Å². The summed E-state index contributed by atoms with van der Waals surface area (Å²) in [5.74, 6) is -0.0885. The number of aromatic nitrogens is 2. The highest BCUT2D eigenvalue weighted by atomic mass is 32.1. The smallest absolute Gasteiger partial charge is 0.261 e. The topological polar surface area (TPSA) is 83.8 Å². The molecule has 5 nitrogen and oxygen atoms in total. The van der Waals surface area contributed by atoms with Gasteiger partial charge in [0.15, 0.2) is 0 Å². The lowest BCUT2D eigenvalue weighted by molar-refractivity contribution is 0.0954. The van der Waals surface area contributed by atoms with Gasteiger partial charge in [0.05, 0.1) is 23.4 Å². The predicted octanol–water partition coefficient (Wildman–Crippen LogP) is 2.14. The molecule has 4 N–H and O–H groups in total. The molecule has 6 heteroatoms. The highest BCUT2D eigenvalue weighted by Gasteiger charge is 2.10. The molecule has 2 heterocycles. The van der Waals surface area contributed by atoms with E-state index < -0.39 is 0 Å². The molecule has 3 rings (SSSR count). The van der Waals surface area contributed by atoms with Crippen LogP contribution in [-0.2, 0) is 6.54 Å². The molecule has 0 aliphatic heterocycles. The number of benzene rings is 1. The highest BCUT2D eigenvalue weighted by molar-refractivity contribution is 7.20. The fraction of sp³-hybridized carbons (Fsp3) is 0.0769. The summed E-state index contributed by atoms with van der Waals surface area (Å²) in [6.07, 6.45) is 3.27. The minimum Gasteiger partial charge on any atom is -0.399 e. The lowest BCUT2D eigenvalue weighted by atomic mass is 10.2. The lowest BCUT2D eigenvalue weighted by Crippen LogP contribution is -2.21. The number of carbonyl (C=O) groups is 1. The number of fused-ring (bicyclic) bond motifs is 1. The molecule has 0 saturated heterocycles. The van der Waals surface area contributed by atoms with Crippen LogP contribution in [0.3, 0.4) is 0 Å². The van der Waals surface area contributed by atoms with E-state index in [-0.39, 0.29) is 5.91 Å². The summed E-state index contributed by atoms with van der Waals surface area (Å²) in [6.45, 7) is 0.440. The van der Waals surface area contributed by atoms with Crippen LogP contribution in [0.5, 0.6) is 0 Å². The molecule has 0 unspecified atom stereocenters. The number of hydrogen-bond donors (Lipinski definition) is 3. The van der Waals surface area contributed by atoms with Crippen LogP contribution in [0.15, 0.2) is 36.8 Å². The van der Waals surface area contributed by atoms with Gasteiger partial charge >= 0.3 is 0 Å². The molecule has 0 saturated carbocycles. The Morgan fingerprint density at radius 1 is 1.42 bits per heavy atom. The number of nitrogen functional groups attached to an aromatic ring is 1. The van der Waals surface area contributed by atoms with E-state index >= 15 is 0 Å². The van der Waals surface area contributed by atoms with Crippen LogP contribution in [0.4, 0.5) is 5.69 Å². The molecule has 0 aliphatic rings. The normalized spacial score (nSPS) is 10.7. The zero-order valence-electron chi connectivity index (χ0n) is 10.0. The molecule has 0 radical (unpaired) electrons. The maximum atomic E-state index is 12.0. The average molecular weight is 272 g/mol. The van der Waals surface area contributed by atoms with E-state index in [1.165, 1.54) is 11.3 Å². The van der Waals surface area contributed by atoms with Gasteiger partial charge in [-0.15, -0.1) is 11.3 Å². The summed E-state index contributed by atoms with van der Waals surface area (Å²) < 4.78 is 1.06. The summed E-state index contributed by atoms with van der Waals surface area (Å²) in [5, 5.41) is 3.84.